The van der Waals surface area contributed by atoms with E-state index in [4.69, 9.17) is 9.29 Å². The van der Waals surface area contributed by atoms with Gasteiger partial charge in [-0.05, 0) is 23.8 Å². The van der Waals surface area contributed by atoms with Crippen LogP contribution in [0, 0.1) is 0 Å². The van der Waals surface area contributed by atoms with E-state index in [1.807, 2.05) is 18.2 Å². The van der Waals surface area contributed by atoms with Crippen LogP contribution < -0.4 is 4.18 Å². The minimum absolute atomic E-state index is 0.0926. The molecular formula is C16H16O5S. The van der Waals surface area contributed by atoms with Crippen molar-refractivity contribution in [2.75, 3.05) is 6.61 Å². The number of ether oxygens (including phenoxy) is 1. The van der Waals surface area contributed by atoms with Gasteiger partial charge in [-0.2, -0.15) is 8.42 Å². The van der Waals surface area contributed by atoms with Gasteiger partial charge in [0, 0.05) is 6.42 Å². The fourth-order valence-electron chi connectivity index (χ4n) is 1.67. The Kier molecular flexibility index (Phi) is 5.57. The van der Waals surface area contributed by atoms with Crippen LogP contribution in [0.5, 0.6) is 5.75 Å². The summed E-state index contributed by atoms with van der Waals surface area (Å²) >= 11 is 0. The van der Waals surface area contributed by atoms with Crippen molar-refractivity contribution in [3.05, 3.63) is 72.0 Å². The van der Waals surface area contributed by atoms with Crippen molar-refractivity contribution in [3.8, 4) is 5.75 Å². The van der Waals surface area contributed by atoms with Crippen LogP contribution in [-0.4, -0.2) is 19.6 Å². The zero-order valence-electron chi connectivity index (χ0n) is 11.8. The summed E-state index contributed by atoms with van der Waals surface area (Å²) in [5.74, 6) is 1.20. The van der Waals surface area contributed by atoms with Gasteiger partial charge in [0.05, 0.1) is 12.4 Å². The third-order valence-electron chi connectivity index (χ3n) is 2.71. The summed E-state index contributed by atoms with van der Waals surface area (Å²) in [6, 6.07) is 18.0. The van der Waals surface area contributed by atoms with Crippen molar-refractivity contribution in [3.63, 3.8) is 0 Å². The lowest BCUT2D eigenvalue weighted by atomic mass is 10.1. The van der Waals surface area contributed by atoms with E-state index in [1.165, 1.54) is 17.7 Å². The first-order valence-electron chi connectivity index (χ1n) is 6.63. The highest BCUT2D eigenvalue weighted by Crippen LogP contribution is 2.18. The second kappa shape index (κ2) is 7.63. The summed E-state index contributed by atoms with van der Waals surface area (Å²) in [5.41, 5.74) is 1.22. The maximum atomic E-state index is 10.1. The molecule has 1 heterocycles. The maximum Gasteiger partial charge on any atom is 0.446 e. The average molecular weight is 320 g/mol. The molecule has 1 fully saturated rings. The first kappa shape index (κ1) is 16.1. The average Bonchev–Trinajstić information content (AvgIpc) is 2.44. The number of hydrogen-bond acceptors (Lipinski definition) is 4. The van der Waals surface area contributed by atoms with Gasteiger partial charge < -0.3 is 8.92 Å². The molecular weight excluding hydrogens is 304 g/mol. The molecule has 0 unspecified atom stereocenters. The number of para-hydroxylation sites is 1. The fraction of sp³-hybridized carbons (Fsp3) is 0.125. The lowest BCUT2D eigenvalue weighted by Gasteiger charge is -2.18. The van der Waals surface area contributed by atoms with Crippen LogP contribution in [0.3, 0.4) is 0 Å². The van der Waals surface area contributed by atoms with Crippen molar-refractivity contribution < 1.29 is 21.9 Å². The molecule has 0 aliphatic carbocycles. The van der Waals surface area contributed by atoms with E-state index in [0.717, 1.165) is 18.8 Å². The summed E-state index contributed by atoms with van der Waals surface area (Å²) in [7, 11) is -4.38. The Balaban J connectivity index is 0.000000160. The van der Waals surface area contributed by atoms with Gasteiger partial charge >= 0.3 is 10.4 Å². The largest absolute Gasteiger partial charge is 0.497 e. The first-order chi connectivity index (χ1) is 10.5. The van der Waals surface area contributed by atoms with Crippen molar-refractivity contribution in [2.45, 2.75) is 6.42 Å². The lowest BCUT2D eigenvalue weighted by Crippen LogP contribution is -2.07. The third-order valence-corrected chi connectivity index (χ3v) is 3.11. The van der Waals surface area contributed by atoms with E-state index >= 15 is 0 Å². The summed E-state index contributed by atoms with van der Waals surface area (Å²) in [6.45, 7) is 0.888. The Hall–Kier alpha value is -2.31. The molecule has 1 N–H and O–H groups in total. The molecule has 0 atom stereocenters. The van der Waals surface area contributed by atoms with Gasteiger partial charge in [-0.3, -0.25) is 4.55 Å². The molecule has 1 aliphatic rings. The molecule has 3 rings (SSSR count). The number of rotatable bonds is 3. The van der Waals surface area contributed by atoms with E-state index in [9.17, 15) is 8.42 Å². The monoisotopic (exact) mass is 320 g/mol. The van der Waals surface area contributed by atoms with Crippen molar-refractivity contribution >= 4 is 16.5 Å². The lowest BCUT2D eigenvalue weighted by molar-refractivity contribution is 0.122. The van der Waals surface area contributed by atoms with Crippen LogP contribution >= 0.6 is 0 Å². The topological polar surface area (TPSA) is 72.8 Å². The van der Waals surface area contributed by atoms with E-state index < -0.39 is 10.4 Å². The standard InChI is InChI=1S/C10H10O.C6H6O4S/c1-2-4-9(5-3-1)8-10-6-7-11-10;7-11(8,9)10-6-4-2-1-3-5-6/h1-5,8H,6-7H2;1-5H,(H,7,8,9). The summed E-state index contributed by atoms with van der Waals surface area (Å²) in [5, 5.41) is 0. The predicted molar refractivity (Wildman–Crippen MR) is 83.6 cm³/mol. The zero-order chi connectivity index (χ0) is 15.8. The Labute approximate surface area is 129 Å². The minimum atomic E-state index is -4.38. The quantitative estimate of drug-likeness (QED) is 0.878. The molecule has 2 aromatic rings. The van der Waals surface area contributed by atoms with Crippen LogP contribution in [0.2, 0.25) is 0 Å². The molecule has 0 bridgehead atoms. The molecule has 0 aromatic heterocycles. The predicted octanol–water partition coefficient (Wildman–Crippen LogP) is 3.32. The SMILES string of the molecule is C(=C1CCO1)c1ccccc1.O=S(=O)(O)Oc1ccccc1. The number of hydrogen-bond donors (Lipinski definition) is 1. The molecule has 116 valence electrons. The highest BCUT2D eigenvalue weighted by molar-refractivity contribution is 7.81. The zero-order valence-corrected chi connectivity index (χ0v) is 12.6. The Morgan fingerprint density at radius 2 is 1.55 bits per heavy atom. The number of benzene rings is 2. The van der Waals surface area contributed by atoms with Gasteiger partial charge in [0.1, 0.15) is 5.75 Å². The van der Waals surface area contributed by atoms with Gasteiger partial charge in [-0.25, -0.2) is 0 Å². The Bertz CT molecular complexity index is 703. The van der Waals surface area contributed by atoms with Gasteiger partial charge in [0.15, 0.2) is 0 Å². The van der Waals surface area contributed by atoms with E-state index in [-0.39, 0.29) is 5.75 Å². The summed E-state index contributed by atoms with van der Waals surface area (Å²) in [4.78, 5) is 0. The molecule has 6 heteroatoms. The molecule has 1 aliphatic heterocycles. The van der Waals surface area contributed by atoms with Crippen LogP contribution in [0.25, 0.3) is 6.08 Å². The molecule has 1 saturated heterocycles. The van der Waals surface area contributed by atoms with Gasteiger partial charge in [-0.1, -0.05) is 48.5 Å². The molecule has 5 nitrogen and oxygen atoms in total. The smallest absolute Gasteiger partial charge is 0.446 e. The van der Waals surface area contributed by atoms with Crippen molar-refractivity contribution in [2.24, 2.45) is 0 Å². The van der Waals surface area contributed by atoms with E-state index in [2.05, 4.69) is 22.4 Å². The van der Waals surface area contributed by atoms with Gasteiger partial charge in [0.25, 0.3) is 0 Å². The Morgan fingerprint density at radius 3 is 2.00 bits per heavy atom. The first-order valence-corrected chi connectivity index (χ1v) is 8.00. The molecule has 0 saturated carbocycles. The van der Waals surface area contributed by atoms with E-state index in [1.54, 1.807) is 18.2 Å². The Morgan fingerprint density at radius 1 is 1.00 bits per heavy atom. The van der Waals surface area contributed by atoms with Crippen LogP contribution in [0.4, 0.5) is 0 Å². The highest BCUT2D eigenvalue weighted by atomic mass is 32.3. The summed E-state index contributed by atoms with van der Waals surface area (Å²) in [6.07, 6.45) is 3.18. The molecule has 0 radical (unpaired) electrons. The van der Waals surface area contributed by atoms with Crippen LogP contribution in [-0.2, 0) is 15.1 Å². The second-order valence-electron chi connectivity index (χ2n) is 4.44. The second-order valence-corrected chi connectivity index (χ2v) is 5.47. The molecule has 0 spiro atoms. The van der Waals surface area contributed by atoms with Gasteiger partial charge in [0.2, 0.25) is 0 Å². The third kappa shape index (κ3) is 5.99. The maximum absolute atomic E-state index is 10.1. The fourth-order valence-corrected chi connectivity index (χ4v) is 2.02. The molecule has 0 amide bonds. The van der Waals surface area contributed by atoms with Crippen molar-refractivity contribution in [1.82, 2.24) is 0 Å². The van der Waals surface area contributed by atoms with Gasteiger partial charge in [-0.15, -0.1) is 0 Å². The molecule has 2 aromatic carbocycles. The van der Waals surface area contributed by atoms with Crippen molar-refractivity contribution in [1.29, 1.82) is 0 Å². The normalized spacial score (nSPS) is 15.0. The summed E-state index contributed by atoms with van der Waals surface area (Å²) < 4.78 is 37.8. The molecule has 22 heavy (non-hydrogen) atoms. The minimum Gasteiger partial charge on any atom is -0.497 e. The van der Waals surface area contributed by atoms with Crippen LogP contribution in [0.1, 0.15) is 12.0 Å². The van der Waals surface area contributed by atoms with E-state index in [0.29, 0.717) is 0 Å². The highest BCUT2D eigenvalue weighted by Gasteiger charge is 2.08. The van der Waals surface area contributed by atoms with Crippen LogP contribution in [0.15, 0.2) is 66.4 Å².